The summed E-state index contributed by atoms with van der Waals surface area (Å²) in [5.74, 6) is 0. The Labute approximate surface area is 96.5 Å². The van der Waals surface area contributed by atoms with E-state index in [1.807, 2.05) is 30.3 Å². The van der Waals surface area contributed by atoms with Gasteiger partial charge in [-0.1, -0.05) is 15.9 Å². The molecule has 4 heteroatoms. The minimum atomic E-state index is 0.709. The Morgan fingerprint density at radius 2 is 1.87 bits per heavy atom. The average molecular weight is 264 g/mol. The first kappa shape index (κ1) is 9.98. The molecule has 3 nitrogen and oxygen atoms in total. The fraction of sp³-hybridized carbons (Fsp3) is 0. The van der Waals surface area contributed by atoms with E-state index in [4.69, 9.17) is 5.73 Å². The molecule has 0 amide bonds. The number of nitrogens with zero attached hydrogens (tertiary/aromatic N) is 1. The second kappa shape index (κ2) is 4.31. The van der Waals surface area contributed by atoms with Crippen molar-refractivity contribution in [2.45, 2.75) is 0 Å². The second-order valence-electron chi connectivity index (χ2n) is 3.09. The van der Waals surface area contributed by atoms with Crippen LogP contribution in [0.15, 0.2) is 47.2 Å². The van der Waals surface area contributed by atoms with Crippen LogP contribution in [0.5, 0.6) is 0 Å². The molecule has 0 saturated heterocycles. The van der Waals surface area contributed by atoms with Gasteiger partial charge < -0.3 is 11.1 Å². The first-order valence-corrected chi connectivity index (χ1v) is 5.27. The highest BCUT2D eigenvalue weighted by Gasteiger charge is 1.99. The molecule has 0 atom stereocenters. The number of anilines is 3. The Hall–Kier alpha value is -1.55. The van der Waals surface area contributed by atoms with Gasteiger partial charge in [-0.05, 0) is 30.3 Å². The molecule has 0 aliphatic heterocycles. The normalized spacial score (nSPS) is 9.93. The van der Waals surface area contributed by atoms with Crippen molar-refractivity contribution in [3.63, 3.8) is 0 Å². The standard InChI is InChI=1S/C11H10BrN3/c12-8-1-2-11(10(13)7-8)15-9-3-5-14-6-4-9/h1-7H,13H2,(H,14,15). The van der Waals surface area contributed by atoms with E-state index in [2.05, 4.69) is 26.2 Å². The van der Waals surface area contributed by atoms with Crippen LogP contribution < -0.4 is 11.1 Å². The van der Waals surface area contributed by atoms with Gasteiger partial charge in [-0.3, -0.25) is 4.98 Å². The molecule has 1 aromatic carbocycles. The molecule has 76 valence electrons. The van der Waals surface area contributed by atoms with Crippen LogP contribution >= 0.6 is 15.9 Å². The van der Waals surface area contributed by atoms with Crippen molar-refractivity contribution in [3.8, 4) is 0 Å². The van der Waals surface area contributed by atoms with Gasteiger partial charge in [-0.2, -0.15) is 0 Å². The predicted octanol–water partition coefficient (Wildman–Crippen LogP) is 3.17. The van der Waals surface area contributed by atoms with E-state index >= 15 is 0 Å². The maximum Gasteiger partial charge on any atom is 0.0618 e. The Bertz CT molecular complexity index is 457. The van der Waals surface area contributed by atoms with Crippen molar-refractivity contribution < 1.29 is 0 Å². The summed E-state index contributed by atoms with van der Waals surface area (Å²) in [6.07, 6.45) is 3.47. The molecule has 3 N–H and O–H groups in total. The summed E-state index contributed by atoms with van der Waals surface area (Å²) >= 11 is 3.36. The predicted molar refractivity (Wildman–Crippen MR) is 66.1 cm³/mol. The fourth-order valence-electron chi connectivity index (χ4n) is 1.24. The van der Waals surface area contributed by atoms with E-state index < -0.39 is 0 Å². The number of pyridine rings is 1. The Balaban J connectivity index is 2.25. The molecule has 0 aliphatic rings. The highest BCUT2D eigenvalue weighted by Crippen LogP contribution is 2.25. The van der Waals surface area contributed by atoms with Crippen LogP contribution in [0.3, 0.4) is 0 Å². The van der Waals surface area contributed by atoms with Crippen LogP contribution in [-0.4, -0.2) is 4.98 Å². The fourth-order valence-corrected chi connectivity index (χ4v) is 1.62. The maximum atomic E-state index is 5.86. The second-order valence-corrected chi connectivity index (χ2v) is 4.01. The number of nitrogens with two attached hydrogens (primary N) is 1. The largest absolute Gasteiger partial charge is 0.397 e. The van der Waals surface area contributed by atoms with Gasteiger partial charge in [0.2, 0.25) is 0 Å². The van der Waals surface area contributed by atoms with E-state index in [0.29, 0.717) is 5.69 Å². The van der Waals surface area contributed by atoms with Crippen LogP contribution in [0.4, 0.5) is 17.1 Å². The quantitative estimate of drug-likeness (QED) is 0.819. The summed E-state index contributed by atoms with van der Waals surface area (Å²) in [7, 11) is 0. The minimum Gasteiger partial charge on any atom is -0.397 e. The van der Waals surface area contributed by atoms with Gasteiger partial charge in [0.15, 0.2) is 0 Å². The first-order valence-electron chi connectivity index (χ1n) is 4.48. The lowest BCUT2D eigenvalue weighted by Gasteiger charge is -2.08. The smallest absolute Gasteiger partial charge is 0.0618 e. The molecular formula is C11H10BrN3. The summed E-state index contributed by atoms with van der Waals surface area (Å²) in [5, 5.41) is 3.21. The van der Waals surface area contributed by atoms with Crippen molar-refractivity contribution >= 4 is 33.0 Å². The third-order valence-electron chi connectivity index (χ3n) is 1.97. The zero-order chi connectivity index (χ0) is 10.7. The zero-order valence-corrected chi connectivity index (χ0v) is 9.53. The monoisotopic (exact) mass is 263 g/mol. The SMILES string of the molecule is Nc1cc(Br)ccc1Nc1ccncc1. The lowest BCUT2D eigenvalue weighted by molar-refractivity contribution is 1.32. The van der Waals surface area contributed by atoms with E-state index in [0.717, 1.165) is 15.8 Å². The summed E-state index contributed by atoms with van der Waals surface area (Å²) in [4.78, 5) is 3.94. The number of rotatable bonds is 2. The van der Waals surface area contributed by atoms with Gasteiger partial charge in [0.1, 0.15) is 0 Å². The number of hydrogen-bond acceptors (Lipinski definition) is 3. The van der Waals surface area contributed by atoms with Crippen LogP contribution in [-0.2, 0) is 0 Å². The highest BCUT2D eigenvalue weighted by molar-refractivity contribution is 9.10. The molecule has 0 unspecified atom stereocenters. The number of aromatic nitrogens is 1. The zero-order valence-electron chi connectivity index (χ0n) is 7.94. The Kier molecular flexibility index (Phi) is 2.87. The average Bonchev–Trinajstić information content (AvgIpc) is 2.24. The van der Waals surface area contributed by atoms with Gasteiger partial charge in [-0.25, -0.2) is 0 Å². The number of nitrogen functional groups attached to an aromatic ring is 1. The van der Waals surface area contributed by atoms with Crippen LogP contribution in [0.2, 0.25) is 0 Å². The number of halogens is 1. The molecule has 2 rings (SSSR count). The van der Waals surface area contributed by atoms with Gasteiger partial charge >= 0.3 is 0 Å². The van der Waals surface area contributed by atoms with E-state index in [1.165, 1.54) is 0 Å². The van der Waals surface area contributed by atoms with Crippen molar-refractivity contribution in [2.24, 2.45) is 0 Å². The number of hydrogen-bond donors (Lipinski definition) is 2. The van der Waals surface area contributed by atoms with Gasteiger partial charge in [0.05, 0.1) is 11.4 Å². The van der Waals surface area contributed by atoms with Crippen molar-refractivity contribution in [2.75, 3.05) is 11.1 Å². The topological polar surface area (TPSA) is 50.9 Å². The first-order chi connectivity index (χ1) is 7.25. The molecule has 2 aromatic rings. The molecule has 0 bridgehead atoms. The van der Waals surface area contributed by atoms with Crippen molar-refractivity contribution in [3.05, 3.63) is 47.2 Å². The Morgan fingerprint density at radius 3 is 2.53 bits per heavy atom. The van der Waals surface area contributed by atoms with E-state index in [1.54, 1.807) is 12.4 Å². The molecule has 1 heterocycles. The lowest BCUT2D eigenvalue weighted by atomic mass is 10.2. The highest BCUT2D eigenvalue weighted by atomic mass is 79.9. The van der Waals surface area contributed by atoms with Gasteiger partial charge in [-0.15, -0.1) is 0 Å². The third-order valence-corrected chi connectivity index (χ3v) is 2.47. The number of nitrogens with one attached hydrogen (secondary N) is 1. The summed E-state index contributed by atoms with van der Waals surface area (Å²) in [6.45, 7) is 0. The van der Waals surface area contributed by atoms with Crippen molar-refractivity contribution in [1.82, 2.24) is 4.98 Å². The minimum absolute atomic E-state index is 0.709. The molecule has 0 saturated carbocycles. The van der Waals surface area contributed by atoms with E-state index in [9.17, 15) is 0 Å². The molecule has 1 aromatic heterocycles. The molecular weight excluding hydrogens is 254 g/mol. The lowest BCUT2D eigenvalue weighted by Crippen LogP contribution is -1.95. The van der Waals surface area contributed by atoms with E-state index in [-0.39, 0.29) is 0 Å². The van der Waals surface area contributed by atoms with Crippen LogP contribution in [0.25, 0.3) is 0 Å². The third kappa shape index (κ3) is 2.47. The number of benzene rings is 1. The molecule has 15 heavy (non-hydrogen) atoms. The van der Waals surface area contributed by atoms with Gasteiger partial charge in [0.25, 0.3) is 0 Å². The molecule has 0 aliphatic carbocycles. The Morgan fingerprint density at radius 1 is 1.13 bits per heavy atom. The summed E-state index contributed by atoms with van der Waals surface area (Å²) < 4.78 is 0.972. The molecule has 0 fully saturated rings. The van der Waals surface area contributed by atoms with Gasteiger partial charge in [0, 0.05) is 22.6 Å². The van der Waals surface area contributed by atoms with Crippen LogP contribution in [0, 0.1) is 0 Å². The van der Waals surface area contributed by atoms with Crippen molar-refractivity contribution in [1.29, 1.82) is 0 Å². The van der Waals surface area contributed by atoms with Crippen LogP contribution in [0.1, 0.15) is 0 Å². The molecule has 0 radical (unpaired) electrons. The summed E-state index contributed by atoms with van der Waals surface area (Å²) in [5.41, 5.74) is 8.43. The maximum absolute atomic E-state index is 5.86. The molecule has 0 spiro atoms. The summed E-state index contributed by atoms with van der Waals surface area (Å²) in [6, 6.07) is 9.52.